The van der Waals surface area contributed by atoms with E-state index < -0.39 is 24.6 Å². The molecule has 12 nitrogen and oxygen atoms in total. The van der Waals surface area contributed by atoms with Crippen LogP contribution < -0.4 is 15.8 Å². The number of carboxylic acid groups (broad SMARTS) is 1. The molecule has 6 aromatic rings. The number of carboxylic acids is 1. The maximum atomic E-state index is 14.0. The molecule has 1 unspecified atom stereocenters. The van der Waals surface area contributed by atoms with Gasteiger partial charge in [-0.1, -0.05) is 116 Å². The number of hydrogen-bond acceptors (Lipinski definition) is 8. The average molecular weight is 1010 g/mol. The summed E-state index contributed by atoms with van der Waals surface area (Å²) in [5.74, 6) is -2.10. The van der Waals surface area contributed by atoms with Crippen LogP contribution in [0.25, 0.3) is 22.4 Å². The molecule has 3 atom stereocenters. The number of aromatic nitrogens is 1. The number of carbonyl (C=O) groups excluding carboxylic acids is 2. The van der Waals surface area contributed by atoms with Gasteiger partial charge in [-0.3, -0.25) is 24.8 Å². The van der Waals surface area contributed by atoms with Crippen LogP contribution >= 0.6 is 34.8 Å². The molecule has 70 heavy (non-hydrogen) atoms. The molecule has 1 aromatic heterocycles. The molecule has 2 aliphatic rings. The van der Waals surface area contributed by atoms with E-state index in [9.17, 15) is 29.0 Å². The number of hydrogen-bond donors (Lipinski definition) is 5. The smallest absolute Gasteiger partial charge is 0.305 e. The van der Waals surface area contributed by atoms with Crippen molar-refractivity contribution in [2.24, 2.45) is 5.10 Å². The SMILES string of the molecule is CC(C)c1c(C(=O)Nc2ccccc2)c(-c2ccccc2)c(-c2ccc(F)cc2)n1CC[C@@H](O)C[C@@H](O)CC(=O)O.O=C(NN1CCCCC1)C1=NN(c2ccc(Cl)cc2Cl)C(c2ccc(Cl)cc2)C1. The Labute approximate surface area is 422 Å². The molecular weight excluding hydrogens is 954 g/mol. The van der Waals surface area contributed by atoms with Crippen LogP contribution in [0.1, 0.15) is 92.4 Å². The summed E-state index contributed by atoms with van der Waals surface area (Å²) >= 11 is 18.6. The molecule has 0 aliphatic carbocycles. The molecule has 0 spiro atoms. The van der Waals surface area contributed by atoms with E-state index in [1.165, 1.54) is 18.6 Å². The normalized spacial score (nSPS) is 15.7. The quantitative estimate of drug-likeness (QED) is 0.0641. The summed E-state index contributed by atoms with van der Waals surface area (Å²) in [7, 11) is 0. The van der Waals surface area contributed by atoms with Gasteiger partial charge in [0.1, 0.15) is 11.5 Å². The summed E-state index contributed by atoms with van der Waals surface area (Å²) in [6.45, 7) is 5.99. The summed E-state index contributed by atoms with van der Waals surface area (Å²) in [5, 5.41) is 42.9. The first kappa shape index (κ1) is 51.8. The Bertz CT molecular complexity index is 2770. The van der Waals surface area contributed by atoms with E-state index in [1.54, 1.807) is 29.3 Å². The molecule has 5 N–H and O–H groups in total. The van der Waals surface area contributed by atoms with Crippen LogP contribution in [0.4, 0.5) is 15.8 Å². The second-order valence-corrected chi connectivity index (χ2v) is 18.9. The number of anilines is 2. The number of carbonyl (C=O) groups is 3. The van der Waals surface area contributed by atoms with Crippen LogP contribution in [0.15, 0.2) is 132 Å². The lowest BCUT2D eigenvalue weighted by Crippen LogP contribution is -2.47. The van der Waals surface area contributed by atoms with Gasteiger partial charge < -0.3 is 25.2 Å². The molecule has 2 aliphatic heterocycles. The van der Waals surface area contributed by atoms with Gasteiger partial charge >= 0.3 is 5.97 Å². The van der Waals surface area contributed by atoms with Crippen LogP contribution in [0.5, 0.6) is 0 Å². The van der Waals surface area contributed by atoms with Gasteiger partial charge in [-0.15, -0.1) is 0 Å². The van der Waals surface area contributed by atoms with E-state index in [4.69, 9.17) is 39.9 Å². The number of aliphatic hydroxyl groups excluding tert-OH is 2. The number of aliphatic carboxylic acids is 1. The number of hydrazone groups is 1. The number of para-hydroxylation sites is 1. The van der Waals surface area contributed by atoms with E-state index in [2.05, 4.69) is 15.8 Å². The second-order valence-electron chi connectivity index (χ2n) is 17.7. The number of hydrazine groups is 1. The summed E-state index contributed by atoms with van der Waals surface area (Å²) in [4.78, 5) is 37.9. The first-order valence-corrected chi connectivity index (χ1v) is 24.4. The third kappa shape index (κ3) is 13.2. The van der Waals surface area contributed by atoms with Crippen LogP contribution in [-0.4, -0.2) is 73.7 Å². The Kier molecular flexibility index (Phi) is 17.9. The van der Waals surface area contributed by atoms with Gasteiger partial charge in [0.15, 0.2) is 0 Å². The number of benzene rings is 5. The minimum atomic E-state index is -1.18. The topological polar surface area (TPSA) is 160 Å². The number of halogens is 4. The zero-order chi connectivity index (χ0) is 49.9. The maximum absolute atomic E-state index is 14.0. The van der Waals surface area contributed by atoms with Crippen LogP contribution in [0.3, 0.4) is 0 Å². The van der Waals surface area contributed by atoms with Gasteiger partial charge in [-0.2, -0.15) is 5.10 Å². The van der Waals surface area contributed by atoms with E-state index in [1.807, 2.05) is 114 Å². The fraction of sp³-hybridized carbons (Fsp3) is 0.296. The van der Waals surface area contributed by atoms with Crippen LogP contribution in [-0.2, 0) is 16.1 Å². The molecule has 8 rings (SSSR count). The van der Waals surface area contributed by atoms with Gasteiger partial charge in [0.05, 0.1) is 46.6 Å². The predicted octanol–water partition coefficient (Wildman–Crippen LogP) is 11.8. The lowest BCUT2D eigenvalue weighted by atomic mass is 9.94. The third-order valence-electron chi connectivity index (χ3n) is 12.1. The number of nitrogens with one attached hydrogen (secondary N) is 2. The molecule has 1 saturated heterocycles. The molecule has 366 valence electrons. The Balaban J connectivity index is 0.000000218. The number of aliphatic hydroxyl groups is 2. The Morgan fingerprint density at radius 3 is 2.04 bits per heavy atom. The number of piperidine rings is 1. The Morgan fingerprint density at radius 1 is 0.771 bits per heavy atom. The lowest BCUT2D eigenvalue weighted by molar-refractivity contribution is -0.139. The fourth-order valence-electron chi connectivity index (χ4n) is 8.90. The highest BCUT2D eigenvalue weighted by Gasteiger charge is 2.35. The van der Waals surface area contributed by atoms with Crippen molar-refractivity contribution in [2.45, 2.75) is 89.5 Å². The fourth-order valence-corrected chi connectivity index (χ4v) is 9.52. The van der Waals surface area contributed by atoms with Crippen molar-refractivity contribution in [3.63, 3.8) is 0 Å². The summed E-state index contributed by atoms with van der Waals surface area (Å²) in [5.41, 5.74) is 9.96. The highest BCUT2D eigenvalue weighted by atomic mass is 35.5. The summed E-state index contributed by atoms with van der Waals surface area (Å²) in [6.07, 6.45) is 1.35. The Morgan fingerprint density at radius 2 is 1.41 bits per heavy atom. The monoisotopic (exact) mass is 1010 g/mol. The van der Waals surface area contributed by atoms with E-state index in [0.717, 1.165) is 42.8 Å². The lowest BCUT2D eigenvalue weighted by Gasteiger charge is -2.26. The van der Waals surface area contributed by atoms with Crippen molar-refractivity contribution in [1.82, 2.24) is 15.0 Å². The van der Waals surface area contributed by atoms with Crippen molar-refractivity contribution in [3.8, 4) is 22.4 Å². The molecule has 3 heterocycles. The molecule has 16 heteroatoms. The van der Waals surface area contributed by atoms with Crippen molar-refractivity contribution in [1.29, 1.82) is 0 Å². The summed E-state index contributed by atoms with van der Waals surface area (Å²) in [6, 6.07) is 37.5. The standard InChI is InChI=1S/C33H35FN2O5.C21H21Cl3N4O/c1-21(2)31-30(33(41)35-25-11-7-4-8-12-25)29(22-9-5-3-6-10-22)32(23-13-15-24(34)16-14-23)36(31)18-17-26(37)19-27(38)20-28(39)40;22-15-6-4-14(5-7-15)20-13-18(21(29)26-27-10-2-1-3-11-27)25-28(20)19-9-8-16(23)12-17(19)24/h3-16,21,26-27,37-38H,17-20H2,1-2H3,(H,35,41)(H,39,40);4-9,12,20H,1-3,10-11,13H2,(H,26,29)/t26-,27-;/m1./s1. The minimum Gasteiger partial charge on any atom is -0.481 e. The van der Waals surface area contributed by atoms with Gasteiger partial charge in [0.2, 0.25) is 0 Å². The molecule has 0 saturated carbocycles. The van der Waals surface area contributed by atoms with Crippen molar-refractivity contribution in [2.75, 3.05) is 23.4 Å². The average Bonchev–Trinajstić information content (AvgIpc) is 3.93. The van der Waals surface area contributed by atoms with Gasteiger partial charge in [-0.25, -0.2) is 9.40 Å². The van der Waals surface area contributed by atoms with Crippen LogP contribution in [0.2, 0.25) is 15.1 Å². The number of rotatable bonds is 16. The summed E-state index contributed by atoms with van der Waals surface area (Å²) < 4.78 is 16.0. The van der Waals surface area contributed by atoms with Crippen LogP contribution in [0, 0.1) is 5.82 Å². The highest BCUT2D eigenvalue weighted by molar-refractivity contribution is 6.40. The second kappa shape index (κ2) is 24.2. The molecule has 0 bridgehead atoms. The number of amides is 2. The zero-order valence-electron chi connectivity index (χ0n) is 38.9. The first-order chi connectivity index (χ1) is 33.7. The van der Waals surface area contributed by atoms with E-state index in [0.29, 0.717) is 61.0 Å². The molecule has 1 fully saturated rings. The predicted molar refractivity (Wildman–Crippen MR) is 276 cm³/mol. The molecule has 0 radical (unpaired) electrons. The highest BCUT2D eigenvalue weighted by Crippen LogP contribution is 2.43. The molecular formula is C54H56Cl3FN6O6. The minimum absolute atomic E-state index is 0.0939. The third-order valence-corrected chi connectivity index (χ3v) is 12.9. The number of nitrogens with zero attached hydrogens (tertiary/aromatic N) is 4. The van der Waals surface area contributed by atoms with E-state index in [-0.39, 0.29) is 49.0 Å². The largest absolute Gasteiger partial charge is 0.481 e. The van der Waals surface area contributed by atoms with E-state index >= 15 is 0 Å². The molecule has 5 aromatic carbocycles. The van der Waals surface area contributed by atoms with Crippen molar-refractivity contribution in [3.05, 3.63) is 165 Å². The van der Waals surface area contributed by atoms with Crippen molar-refractivity contribution < 1.29 is 34.1 Å². The first-order valence-electron chi connectivity index (χ1n) is 23.3. The molecule has 2 amide bonds. The van der Waals surface area contributed by atoms with Gasteiger partial charge in [-0.05, 0) is 115 Å². The maximum Gasteiger partial charge on any atom is 0.305 e. The van der Waals surface area contributed by atoms with Gasteiger partial charge in [0.25, 0.3) is 11.8 Å². The van der Waals surface area contributed by atoms with Crippen molar-refractivity contribution >= 4 is 69.7 Å². The Hall–Kier alpha value is -6.06. The van der Waals surface area contributed by atoms with Gasteiger partial charge in [0, 0.05) is 53.0 Å². The zero-order valence-corrected chi connectivity index (χ0v) is 41.1.